The molecule has 0 N–H and O–H groups in total. The Morgan fingerprint density at radius 3 is 1.90 bits per heavy atom. The van der Waals surface area contributed by atoms with E-state index in [1.807, 2.05) is 0 Å². The van der Waals surface area contributed by atoms with Crippen molar-refractivity contribution in [2.75, 3.05) is 0 Å². The highest BCUT2D eigenvalue weighted by Gasteiger charge is 2.59. The van der Waals surface area contributed by atoms with Gasteiger partial charge in [0.2, 0.25) is 0 Å². The number of unbranched alkanes of at least 4 members (excludes halogenated alkanes) is 16. The average Bonchev–Trinajstić information content (AvgIpc) is 3.43. The number of carbonyl (C=O) groups is 1. The molecule has 0 aliphatic heterocycles. The summed E-state index contributed by atoms with van der Waals surface area (Å²) in [4.78, 5) is 12.8. The van der Waals surface area contributed by atoms with Gasteiger partial charge in [0.25, 0.3) is 0 Å². The van der Waals surface area contributed by atoms with Crippen LogP contribution < -0.4 is 0 Å². The minimum absolute atomic E-state index is 0.0665. The van der Waals surface area contributed by atoms with Crippen molar-refractivity contribution in [3.05, 3.63) is 11.6 Å². The molecule has 0 amide bonds. The molecule has 2 heteroatoms. The molecular formula is C47H84O2. The lowest BCUT2D eigenvalue weighted by molar-refractivity contribution is -0.151. The molecule has 284 valence electrons. The number of hydrogen-bond acceptors (Lipinski definition) is 2. The zero-order valence-corrected chi connectivity index (χ0v) is 33.9. The van der Waals surface area contributed by atoms with Crippen LogP contribution in [-0.4, -0.2) is 12.1 Å². The van der Waals surface area contributed by atoms with E-state index in [1.165, 1.54) is 161 Å². The number of fused-ring (bicyclic) bond motifs is 5. The molecule has 0 aromatic heterocycles. The number of rotatable bonds is 24. The van der Waals surface area contributed by atoms with Crippen LogP contribution in [0, 0.1) is 46.3 Å². The second-order valence-corrected chi connectivity index (χ2v) is 19.1. The zero-order chi connectivity index (χ0) is 35.1. The molecule has 3 saturated carbocycles. The van der Waals surface area contributed by atoms with Crippen molar-refractivity contribution in [1.29, 1.82) is 0 Å². The molecule has 3 fully saturated rings. The van der Waals surface area contributed by atoms with Crippen molar-refractivity contribution >= 4 is 5.97 Å². The predicted octanol–water partition coefficient (Wildman–Crippen LogP) is 15.0. The van der Waals surface area contributed by atoms with Crippen molar-refractivity contribution in [3.8, 4) is 0 Å². The Bertz CT molecular complexity index is 965. The van der Waals surface area contributed by atoms with Crippen LogP contribution in [0.4, 0.5) is 0 Å². The Hall–Kier alpha value is -0.790. The molecule has 8 atom stereocenters. The summed E-state index contributed by atoms with van der Waals surface area (Å²) in [7, 11) is 0. The summed E-state index contributed by atoms with van der Waals surface area (Å²) >= 11 is 0. The molecule has 0 saturated heterocycles. The third-order valence-corrected chi connectivity index (χ3v) is 15.0. The smallest absolute Gasteiger partial charge is 0.306 e. The third kappa shape index (κ3) is 11.9. The van der Waals surface area contributed by atoms with Gasteiger partial charge in [-0.3, -0.25) is 4.79 Å². The number of hydrogen-bond donors (Lipinski definition) is 0. The van der Waals surface area contributed by atoms with Gasteiger partial charge in [-0.25, -0.2) is 0 Å². The maximum Gasteiger partial charge on any atom is 0.306 e. The summed E-state index contributed by atoms with van der Waals surface area (Å²) in [5.74, 6) is 5.34. The van der Waals surface area contributed by atoms with Gasteiger partial charge < -0.3 is 4.74 Å². The summed E-state index contributed by atoms with van der Waals surface area (Å²) in [6.45, 7) is 15.0. The molecule has 4 aliphatic carbocycles. The van der Waals surface area contributed by atoms with Gasteiger partial charge in [-0.15, -0.1) is 0 Å². The van der Waals surface area contributed by atoms with Crippen molar-refractivity contribution < 1.29 is 9.53 Å². The first-order chi connectivity index (χ1) is 23.7. The zero-order valence-electron chi connectivity index (χ0n) is 33.9. The quantitative estimate of drug-likeness (QED) is 0.0576. The Morgan fingerprint density at radius 1 is 0.714 bits per heavy atom. The Labute approximate surface area is 306 Å². The van der Waals surface area contributed by atoms with Crippen molar-refractivity contribution in [2.45, 2.75) is 234 Å². The monoisotopic (exact) mass is 681 g/mol. The second kappa shape index (κ2) is 21.0. The van der Waals surface area contributed by atoms with Crippen molar-refractivity contribution in [1.82, 2.24) is 0 Å². The van der Waals surface area contributed by atoms with E-state index in [9.17, 15) is 4.79 Å². The lowest BCUT2D eigenvalue weighted by atomic mass is 9.47. The fourth-order valence-electron chi connectivity index (χ4n) is 12.0. The van der Waals surface area contributed by atoms with E-state index in [4.69, 9.17) is 4.74 Å². The number of esters is 1. The van der Waals surface area contributed by atoms with Gasteiger partial charge >= 0.3 is 5.97 Å². The van der Waals surface area contributed by atoms with Gasteiger partial charge in [0.15, 0.2) is 0 Å². The molecule has 1 unspecified atom stereocenters. The minimum atomic E-state index is 0.0665. The maximum atomic E-state index is 12.8. The first kappa shape index (κ1) is 41.0. The van der Waals surface area contributed by atoms with Gasteiger partial charge in [-0.05, 0) is 97.7 Å². The summed E-state index contributed by atoms with van der Waals surface area (Å²) in [5, 5.41) is 0. The summed E-state index contributed by atoms with van der Waals surface area (Å²) in [5.41, 5.74) is 2.54. The van der Waals surface area contributed by atoms with Crippen LogP contribution in [0.2, 0.25) is 0 Å². The van der Waals surface area contributed by atoms with Crippen molar-refractivity contribution in [2.24, 2.45) is 46.3 Å². The minimum Gasteiger partial charge on any atom is -0.462 e. The van der Waals surface area contributed by atoms with Gasteiger partial charge in [0.05, 0.1) is 0 Å². The molecular weight excluding hydrogens is 597 g/mol. The van der Waals surface area contributed by atoms with Crippen LogP contribution >= 0.6 is 0 Å². The van der Waals surface area contributed by atoms with Crippen LogP contribution in [0.3, 0.4) is 0 Å². The summed E-state index contributed by atoms with van der Waals surface area (Å²) in [6.07, 6.45) is 41.3. The molecule has 0 aromatic rings. The molecule has 0 aromatic carbocycles. The molecule has 4 aliphatic rings. The van der Waals surface area contributed by atoms with Crippen LogP contribution in [0.25, 0.3) is 0 Å². The first-order valence-electron chi connectivity index (χ1n) is 22.6. The topological polar surface area (TPSA) is 26.3 Å². The third-order valence-electron chi connectivity index (χ3n) is 15.0. The lowest BCUT2D eigenvalue weighted by Crippen LogP contribution is -2.51. The molecule has 0 radical (unpaired) electrons. The molecule has 0 bridgehead atoms. The number of carbonyl (C=O) groups excluding carboxylic acids is 1. The SMILES string of the molecule is CCCCCCCCCCCCCCCCCCCC(=O)O[C@H]1CC[C@@]2(C)C(=CC[C@@H]3[C@@H]2CC[C@]2(C)C([C@H](C)CCCC(C)C)CC[C@@H]32)C1. The molecule has 49 heavy (non-hydrogen) atoms. The normalized spacial score (nSPS) is 31.6. The van der Waals surface area contributed by atoms with E-state index in [2.05, 4.69) is 47.6 Å². The average molecular weight is 681 g/mol. The standard InChI is InChI=1S/C47H84O2/c1-7-8-9-10-11-12-13-14-15-16-17-18-19-20-21-22-23-27-45(48)49-40-32-34-46(5)39(36-40)28-29-41-43-31-30-42(38(4)26-24-25-37(2)3)47(43,6)35-33-44(41)46/h28,37-38,40-44H,7-27,29-36H2,1-6H3/t38-,40+,41+,42?,43+,44+,46+,47-/m1/s1. The van der Waals surface area contributed by atoms with E-state index in [0.29, 0.717) is 17.3 Å². The molecule has 4 rings (SSSR count). The van der Waals surface area contributed by atoms with Crippen LogP contribution in [0.5, 0.6) is 0 Å². The van der Waals surface area contributed by atoms with Crippen LogP contribution in [-0.2, 0) is 9.53 Å². The van der Waals surface area contributed by atoms with Crippen LogP contribution in [0.1, 0.15) is 228 Å². The van der Waals surface area contributed by atoms with E-state index in [1.54, 1.807) is 5.57 Å². The highest BCUT2D eigenvalue weighted by atomic mass is 16.5. The Morgan fingerprint density at radius 2 is 1.31 bits per heavy atom. The van der Waals surface area contributed by atoms with Crippen LogP contribution in [0.15, 0.2) is 11.6 Å². The van der Waals surface area contributed by atoms with Gasteiger partial charge in [0, 0.05) is 12.8 Å². The molecule has 0 heterocycles. The summed E-state index contributed by atoms with van der Waals surface area (Å²) < 4.78 is 6.14. The highest BCUT2D eigenvalue weighted by Crippen LogP contribution is 2.67. The fourth-order valence-corrected chi connectivity index (χ4v) is 12.0. The predicted molar refractivity (Wildman–Crippen MR) is 212 cm³/mol. The Kier molecular flexibility index (Phi) is 17.6. The highest BCUT2D eigenvalue weighted by molar-refractivity contribution is 5.69. The number of allylic oxidation sites excluding steroid dienone is 1. The molecule has 0 spiro atoms. The first-order valence-corrected chi connectivity index (χ1v) is 22.6. The molecule has 2 nitrogen and oxygen atoms in total. The lowest BCUT2D eigenvalue weighted by Gasteiger charge is -2.58. The summed E-state index contributed by atoms with van der Waals surface area (Å²) in [6, 6.07) is 0. The van der Waals surface area contributed by atoms with Crippen molar-refractivity contribution in [3.63, 3.8) is 0 Å². The largest absolute Gasteiger partial charge is 0.462 e. The van der Waals surface area contributed by atoms with E-state index < -0.39 is 0 Å². The number of ether oxygens (including phenoxy) is 1. The van der Waals surface area contributed by atoms with Gasteiger partial charge in [0.1, 0.15) is 6.10 Å². The second-order valence-electron chi connectivity index (χ2n) is 19.1. The van der Waals surface area contributed by atoms with E-state index in [-0.39, 0.29) is 12.1 Å². The van der Waals surface area contributed by atoms with Gasteiger partial charge in [-0.2, -0.15) is 0 Å². The maximum absolute atomic E-state index is 12.8. The fraction of sp³-hybridized carbons (Fsp3) is 0.936. The Balaban J connectivity index is 1.07. The van der Waals surface area contributed by atoms with Gasteiger partial charge in [-0.1, -0.05) is 175 Å². The van der Waals surface area contributed by atoms with E-state index in [0.717, 1.165) is 54.8 Å². The van der Waals surface area contributed by atoms with E-state index >= 15 is 0 Å².